The fourth-order valence-corrected chi connectivity index (χ4v) is 3.34. The smallest absolute Gasteiger partial charge is 0.328 e. The minimum atomic E-state index is -1.32. The predicted molar refractivity (Wildman–Crippen MR) is 99.0 cm³/mol. The molecule has 3 atom stereocenters. The summed E-state index contributed by atoms with van der Waals surface area (Å²) in [5.74, 6) is -0.706. The Labute approximate surface area is 155 Å². The number of hydrogen-bond donors (Lipinski definition) is 3. The Bertz CT molecular complexity index is 572. The Hall–Kier alpha value is -1.92. The minimum Gasteiger partial charge on any atom is -0.459 e. The Morgan fingerprint density at radius 3 is 2.54 bits per heavy atom. The first-order valence-electron chi connectivity index (χ1n) is 9.42. The maximum absolute atomic E-state index is 12.2. The minimum absolute atomic E-state index is 0.142. The number of rotatable bonds is 8. The molecule has 1 unspecified atom stereocenters. The molecule has 0 radical (unpaired) electrons. The molecule has 1 amide bonds. The highest BCUT2D eigenvalue weighted by Crippen LogP contribution is 2.27. The van der Waals surface area contributed by atoms with Gasteiger partial charge in [0.15, 0.2) is 0 Å². The van der Waals surface area contributed by atoms with Crippen LogP contribution in [0.15, 0.2) is 30.3 Å². The molecule has 6 nitrogen and oxygen atoms in total. The van der Waals surface area contributed by atoms with Gasteiger partial charge < -0.3 is 20.9 Å². The molecule has 2 rings (SSSR count). The van der Waals surface area contributed by atoms with Crippen molar-refractivity contribution in [2.75, 3.05) is 0 Å². The van der Waals surface area contributed by atoms with Gasteiger partial charge in [0, 0.05) is 6.04 Å². The standard InChI is InChI=1S/C20H30N2O4/c1-14(20(25)26-13-16-10-6-3-7-11-16)22-19(24)18(23)17(21)12-15-8-4-2-5-9-15/h3,6-7,10-11,14-15,17-18,23H,2,4-5,8-9,12-13,21H2,1H3,(H,22,24)/t14-,17-,18?/m1/s1. The molecule has 26 heavy (non-hydrogen) atoms. The zero-order valence-corrected chi connectivity index (χ0v) is 15.4. The van der Waals surface area contributed by atoms with Crippen molar-refractivity contribution in [2.24, 2.45) is 11.7 Å². The SMILES string of the molecule is C[C@@H](NC(=O)C(O)[C@H](N)CC1CCCCC1)C(=O)OCc1ccccc1. The molecule has 1 aliphatic rings. The third-order valence-electron chi connectivity index (χ3n) is 4.94. The molecule has 0 heterocycles. The van der Waals surface area contributed by atoms with Gasteiger partial charge in [0.1, 0.15) is 18.8 Å². The van der Waals surface area contributed by atoms with Gasteiger partial charge in [-0.25, -0.2) is 4.79 Å². The van der Waals surface area contributed by atoms with E-state index < -0.39 is 30.1 Å². The second kappa shape index (κ2) is 10.3. The van der Waals surface area contributed by atoms with Crippen LogP contribution in [0.25, 0.3) is 0 Å². The van der Waals surface area contributed by atoms with Crippen LogP contribution in [-0.4, -0.2) is 35.2 Å². The van der Waals surface area contributed by atoms with Crippen LogP contribution in [0.1, 0.15) is 51.0 Å². The van der Waals surface area contributed by atoms with Gasteiger partial charge in [-0.15, -0.1) is 0 Å². The van der Waals surface area contributed by atoms with Gasteiger partial charge >= 0.3 is 5.97 Å². The third-order valence-corrected chi connectivity index (χ3v) is 4.94. The quantitative estimate of drug-likeness (QED) is 0.613. The molecule has 1 aliphatic carbocycles. The van der Waals surface area contributed by atoms with Crippen LogP contribution in [0.5, 0.6) is 0 Å². The largest absolute Gasteiger partial charge is 0.459 e. The first kappa shape index (κ1) is 20.4. The number of nitrogens with two attached hydrogens (primary N) is 1. The molecular formula is C20H30N2O4. The summed E-state index contributed by atoms with van der Waals surface area (Å²) in [7, 11) is 0. The molecule has 1 aromatic rings. The molecular weight excluding hydrogens is 332 g/mol. The number of hydrogen-bond acceptors (Lipinski definition) is 5. The molecule has 0 bridgehead atoms. The van der Waals surface area contributed by atoms with Crippen molar-refractivity contribution in [3.8, 4) is 0 Å². The highest BCUT2D eigenvalue weighted by molar-refractivity contribution is 5.87. The van der Waals surface area contributed by atoms with Gasteiger partial charge in [0.25, 0.3) is 5.91 Å². The van der Waals surface area contributed by atoms with E-state index in [1.807, 2.05) is 30.3 Å². The number of benzene rings is 1. The maximum Gasteiger partial charge on any atom is 0.328 e. The van der Waals surface area contributed by atoms with Crippen molar-refractivity contribution in [2.45, 2.75) is 70.2 Å². The number of esters is 1. The molecule has 1 saturated carbocycles. The molecule has 6 heteroatoms. The van der Waals surface area contributed by atoms with Crippen LogP contribution in [0, 0.1) is 5.92 Å². The van der Waals surface area contributed by atoms with E-state index >= 15 is 0 Å². The van der Waals surface area contributed by atoms with Gasteiger partial charge in [-0.3, -0.25) is 4.79 Å². The number of carbonyl (C=O) groups is 2. The molecule has 4 N–H and O–H groups in total. The lowest BCUT2D eigenvalue weighted by molar-refractivity contribution is -0.149. The summed E-state index contributed by atoms with van der Waals surface area (Å²) in [6.45, 7) is 1.67. The second-order valence-electron chi connectivity index (χ2n) is 7.17. The highest BCUT2D eigenvalue weighted by Gasteiger charge is 2.28. The average molecular weight is 362 g/mol. The number of ether oxygens (including phenoxy) is 1. The van der Waals surface area contributed by atoms with Crippen LogP contribution in [0.4, 0.5) is 0 Å². The van der Waals surface area contributed by atoms with Gasteiger partial charge in [-0.05, 0) is 24.8 Å². The first-order chi connectivity index (χ1) is 12.5. The molecule has 1 aromatic carbocycles. The Morgan fingerprint density at radius 2 is 1.88 bits per heavy atom. The van der Waals surface area contributed by atoms with Gasteiger partial charge in [0.2, 0.25) is 0 Å². The summed E-state index contributed by atoms with van der Waals surface area (Å²) in [6, 6.07) is 7.84. The lowest BCUT2D eigenvalue weighted by Crippen LogP contribution is -2.51. The van der Waals surface area contributed by atoms with E-state index in [9.17, 15) is 14.7 Å². The van der Waals surface area contributed by atoms with E-state index in [4.69, 9.17) is 10.5 Å². The van der Waals surface area contributed by atoms with Crippen molar-refractivity contribution in [1.29, 1.82) is 0 Å². The number of aliphatic hydroxyl groups excluding tert-OH is 1. The number of aliphatic hydroxyl groups is 1. The summed E-state index contributed by atoms with van der Waals surface area (Å²) < 4.78 is 5.19. The van der Waals surface area contributed by atoms with E-state index in [2.05, 4.69) is 5.32 Å². The van der Waals surface area contributed by atoms with E-state index in [0.29, 0.717) is 12.3 Å². The Kier molecular flexibility index (Phi) is 8.06. The van der Waals surface area contributed by atoms with Crippen molar-refractivity contribution in [3.63, 3.8) is 0 Å². The van der Waals surface area contributed by atoms with Crippen LogP contribution >= 0.6 is 0 Å². The fraction of sp³-hybridized carbons (Fsp3) is 0.600. The summed E-state index contributed by atoms with van der Waals surface area (Å²) in [6.07, 6.45) is 5.13. The van der Waals surface area contributed by atoms with Gasteiger partial charge in [0.05, 0.1) is 0 Å². The van der Waals surface area contributed by atoms with Crippen molar-refractivity contribution < 1.29 is 19.4 Å². The topological polar surface area (TPSA) is 102 Å². The molecule has 1 fully saturated rings. The number of carbonyl (C=O) groups excluding carboxylic acids is 2. The van der Waals surface area contributed by atoms with Gasteiger partial charge in [-0.1, -0.05) is 62.4 Å². The van der Waals surface area contributed by atoms with E-state index in [1.165, 1.54) is 26.2 Å². The number of nitrogens with one attached hydrogen (secondary N) is 1. The monoisotopic (exact) mass is 362 g/mol. The average Bonchev–Trinajstić information content (AvgIpc) is 2.66. The lowest BCUT2D eigenvalue weighted by atomic mass is 9.84. The first-order valence-corrected chi connectivity index (χ1v) is 9.42. The predicted octanol–water partition coefficient (Wildman–Crippen LogP) is 1.89. The molecule has 0 saturated heterocycles. The molecule has 0 aromatic heterocycles. The van der Waals surface area contributed by atoms with E-state index in [0.717, 1.165) is 18.4 Å². The van der Waals surface area contributed by atoms with E-state index in [1.54, 1.807) is 0 Å². The van der Waals surface area contributed by atoms with Crippen LogP contribution in [-0.2, 0) is 20.9 Å². The lowest BCUT2D eigenvalue weighted by Gasteiger charge is -2.27. The second-order valence-corrected chi connectivity index (χ2v) is 7.17. The van der Waals surface area contributed by atoms with Crippen LogP contribution in [0.3, 0.4) is 0 Å². The van der Waals surface area contributed by atoms with Crippen molar-refractivity contribution in [3.05, 3.63) is 35.9 Å². The summed E-state index contributed by atoms with van der Waals surface area (Å²) in [5, 5.41) is 12.7. The maximum atomic E-state index is 12.2. The zero-order valence-electron chi connectivity index (χ0n) is 15.4. The summed E-state index contributed by atoms with van der Waals surface area (Å²) >= 11 is 0. The number of amides is 1. The highest BCUT2D eigenvalue weighted by atomic mass is 16.5. The zero-order chi connectivity index (χ0) is 18.9. The van der Waals surface area contributed by atoms with Crippen LogP contribution in [0.2, 0.25) is 0 Å². The molecule has 0 aliphatic heterocycles. The van der Waals surface area contributed by atoms with Gasteiger partial charge in [-0.2, -0.15) is 0 Å². The van der Waals surface area contributed by atoms with E-state index in [-0.39, 0.29) is 6.61 Å². The van der Waals surface area contributed by atoms with Crippen LogP contribution < -0.4 is 11.1 Å². The normalized spacial score (nSPS) is 18.6. The van der Waals surface area contributed by atoms with Crippen molar-refractivity contribution >= 4 is 11.9 Å². The molecule has 144 valence electrons. The summed E-state index contributed by atoms with van der Waals surface area (Å²) in [5.41, 5.74) is 6.88. The Morgan fingerprint density at radius 1 is 1.23 bits per heavy atom. The Balaban J connectivity index is 1.74. The van der Waals surface area contributed by atoms with Crippen molar-refractivity contribution in [1.82, 2.24) is 5.32 Å². The summed E-state index contributed by atoms with van der Waals surface area (Å²) in [4.78, 5) is 24.2. The molecule has 0 spiro atoms. The fourth-order valence-electron chi connectivity index (χ4n) is 3.34. The third kappa shape index (κ3) is 6.42.